The molecule has 2 N–H and O–H groups in total. The van der Waals surface area contributed by atoms with E-state index in [-0.39, 0.29) is 17.7 Å². The summed E-state index contributed by atoms with van der Waals surface area (Å²) >= 11 is 4.39. The second kappa shape index (κ2) is 4.38. The molecule has 0 radical (unpaired) electrons. The average Bonchev–Trinajstić information content (AvgIpc) is 2.20. The van der Waals surface area contributed by atoms with E-state index in [1.54, 1.807) is 0 Å². The summed E-state index contributed by atoms with van der Waals surface area (Å²) in [6.45, 7) is 1.45. The van der Waals surface area contributed by atoms with Crippen LogP contribution in [0.2, 0.25) is 0 Å². The van der Waals surface area contributed by atoms with Gasteiger partial charge in [0.25, 0.3) is 0 Å². The SMILES string of the molecule is CC1(C(=O)O)C=CC(N=C=S)=C(C(=O)O)C1. The number of thiocarbonyl (C=S) groups is 1. The van der Waals surface area contributed by atoms with Crippen molar-refractivity contribution >= 4 is 29.3 Å². The number of allylic oxidation sites excluding steroid dienone is 1. The molecule has 1 rings (SSSR count). The van der Waals surface area contributed by atoms with Crippen molar-refractivity contribution < 1.29 is 19.8 Å². The van der Waals surface area contributed by atoms with Gasteiger partial charge in [-0.15, -0.1) is 0 Å². The molecule has 0 spiro atoms. The van der Waals surface area contributed by atoms with Gasteiger partial charge in [0.15, 0.2) is 0 Å². The Balaban J connectivity index is 3.22. The Kier molecular flexibility index (Phi) is 3.37. The van der Waals surface area contributed by atoms with Crippen LogP contribution in [0.15, 0.2) is 28.4 Å². The molecule has 84 valence electrons. The molecule has 0 heterocycles. The molecular weight excluding hydrogens is 230 g/mol. The van der Waals surface area contributed by atoms with Gasteiger partial charge in [-0.05, 0) is 25.2 Å². The van der Waals surface area contributed by atoms with Crippen molar-refractivity contribution in [1.82, 2.24) is 0 Å². The van der Waals surface area contributed by atoms with E-state index in [1.807, 2.05) is 0 Å². The number of isothiocyanates is 1. The molecular formula is C10H9NO4S. The van der Waals surface area contributed by atoms with E-state index in [0.717, 1.165) is 0 Å². The van der Waals surface area contributed by atoms with Gasteiger partial charge < -0.3 is 10.2 Å². The van der Waals surface area contributed by atoms with Crippen molar-refractivity contribution in [1.29, 1.82) is 0 Å². The molecule has 0 amide bonds. The zero-order chi connectivity index (χ0) is 12.3. The van der Waals surface area contributed by atoms with Crippen LogP contribution in [0.25, 0.3) is 0 Å². The Morgan fingerprint density at radius 1 is 1.56 bits per heavy atom. The van der Waals surface area contributed by atoms with Crippen molar-refractivity contribution in [2.45, 2.75) is 13.3 Å². The number of carboxylic acids is 2. The first-order chi connectivity index (χ1) is 7.40. The third kappa shape index (κ3) is 2.24. The summed E-state index contributed by atoms with van der Waals surface area (Å²) in [7, 11) is 0. The highest BCUT2D eigenvalue weighted by molar-refractivity contribution is 7.78. The summed E-state index contributed by atoms with van der Waals surface area (Å²) in [6.07, 6.45) is 2.64. The largest absolute Gasteiger partial charge is 0.481 e. The van der Waals surface area contributed by atoms with E-state index < -0.39 is 17.4 Å². The minimum absolute atomic E-state index is 0.0650. The Morgan fingerprint density at radius 2 is 2.19 bits per heavy atom. The highest BCUT2D eigenvalue weighted by Gasteiger charge is 2.36. The van der Waals surface area contributed by atoms with Gasteiger partial charge >= 0.3 is 11.9 Å². The quantitative estimate of drug-likeness (QED) is 0.575. The standard InChI is InChI=1S/C10H9NO4S/c1-10(9(14)15)3-2-7(11-5-16)6(4-10)8(12)13/h2-3H,4H2,1H3,(H,12,13)(H,14,15). The maximum absolute atomic E-state index is 11.0. The van der Waals surface area contributed by atoms with Crippen LogP contribution in [0, 0.1) is 5.41 Å². The molecule has 0 aromatic heterocycles. The molecule has 1 atom stereocenters. The second-order valence-electron chi connectivity index (χ2n) is 3.60. The highest BCUT2D eigenvalue weighted by atomic mass is 32.1. The van der Waals surface area contributed by atoms with Gasteiger partial charge in [-0.3, -0.25) is 4.79 Å². The van der Waals surface area contributed by atoms with Crippen molar-refractivity contribution in [2.24, 2.45) is 10.4 Å². The summed E-state index contributed by atoms with van der Waals surface area (Å²) < 4.78 is 0. The lowest BCUT2D eigenvalue weighted by Crippen LogP contribution is -2.29. The first-order valence-electron chi connectivity index (χ1n) is 4.37. The van der Waals surface area contributed by atoms with Crippen molar-refractivity contribution in [3.63, 3.8) is 0 Å². The van der Waals surface area contributed by atoms with Crippen LogP contribution in [0.1, 0.15) is 13.3 Å². The minimum Gasteiger partial charge on any atom is -0.481 e. The van der Waals surface area contributed by atoms with Gasteiger partial charge in [0, 0.05) is 6.42 Å². The molecule has 6 heteroatoms. The lowest BCUT2D eigenvalue weighted by atomic mass is 9.79. The van der Waals surface area contributed by atoms with E-state index in [0.29, 0.717) is 0 Å². The van der Waals surface area contributed by atoms with Crippen LogP contribution in [0.4, 0.5) is 0 Å². The molecule has 0 aliphatic heterocycles. The maximum Gasteiger partial charge on any atom is 0.333 e. The topological polar surface area (TPSA) is 87.0 Å². The van der Waals surface area contributed by atoms with Crippen molar-refractivity contribution in [3.8, 4) is 0 Å². The van der Waals surface area contributed by atoms with E-state index in [2.05, 4.69) is 22.4 Å². The molecule has 1 unspecified atom stereocenters. The molecule has 1 aliphatic carbocycles. The highest BCUT2D eigenvalue weighted by Crippen LogP contribution is 2.34. The predicted octanol–water partition coefficient (Wildman–Crippen LogP) is 1.48. The smallest absolute Gasteiger partial charge is 0.333 e. The van der Waals surface area contributed by atoms with Gasteiger partial charge in [0.1, 0.15) is 0 Å². The van der Waals surface area contributed by atoms with Crippen LogP contribution in [-0.2, 0) is 9.59 Å². The maximum atomic E-state index is 11.0. The summed E-state index contributed by atoms with van der Waals surface area (Å²) in [4.78, 5) is 25.5. The normalized spacial score (nSPS) is 23.8. The molecule has 0 aromatic rings. The zero-order valence-electron chi connectivity index (χ0n) is 8.43. The fourth-order valence-electron chi connectivity index (χ4n) is 1.37. The molecule has 0 aromatic carbocycles. The van der Waals surface area contributed by atoms with Crippen molar-refractivity contribution in [3.05, 3.63) is 23.4 Å². The van der Waals surface area contributed by atoms with Gasteiger partial charge in [-0.25, -0.2) is 4.79 Å². The first kappa shape index (κ1) is 12.3. The lowest BCUT2D eigenvalue weighted by molar-refractivity contribution is -0.145. The van der Waals surface area contributed by atoms with Gasteiger partial charge in [-0.1, -0.05) is 6.08 Å². The zero-order valence-corrected chi connectivity index (χ0v) is 9.24. The fourth-order valence-corrected chi connectivity index (χ4v) is 1.46. The van der Waals surface area contributed by atoms with Crippen LogP contribution in [0.5, 0.6) is 0 Å². The molecule has 1 aliphatic rings. The lowest BCUT2D eigenvalue weighted by Gasteiger charge is -2.24. The molecule has 0 saturated carbocycles. The number of carboxylic acid groups (broad SMARTS) is 2. The fraction of sp³-hybridized carbons (Fsp3) is 0.300. The first-order valence-corrected chi connectivity index (χ1v) is 4.78. The Hall–Kier alpha value is -1.78. The van der Waals surface area contributed by atoms with Crippen molar-refractivity contribution in [2.75, 3.05) is 0 Å². The number of carbonyl (C=O) groups is 2. The molecule has 0 saturated heterocycles. The van der Waals surface area contributed by atoms with E-state index in [9.17, 15) is 9.59 Å². The van der Waals surface area contributed by atoms with Gasteiger partial charge in [0.05, 0.1) is 21.8 Å². The molecule has 0 fully saturated rings. The second-order valence-corrected chi connectivity index (χ2v) is 3.79. The third-order valence-corrected chi connectivity index (χ3v) is 2.47. The average molecular weight is 239 g/mol. The van der Waals surface area contributed by atoms with E-state index in [4.69, 9.17) is 10.2 Å². The minimum atomic E-state index is -1.21. The molecule has 16 heavy (non-hydrogen) atoms. The Labute approximate surface area is 96.8 Å². The number of aliphatic imine (C=N–C) groups is 1. The Morgan fingerprint density at radius 3 is 2.62 bits per heavy atom. The monoisotopic (exact) mass is 239 g/mol. The number of aliphatic carboxylic acids is 2. The summed E-state index contributed by atoms with van der Waals surface area (Å²) in [5.41, 5.74) is -1.13. The van der Waals surface area contributed by atoms with Crippen LogP contribution in [-0.4, -0.2) is 27.3 Å². The summed E-state index contributed by atoms with van der Waals surface area (Å²) in [5.74, 6) is -2.27. The van der Waals surface area contributed by atoms with Gasteiger partial charge in [0.2, 0.25) is 0 Å². The number of hydrogen-bond donors (Lipinski definition) is 2. The number of hydrogen-bond acceptors (Lipinski definition) is 4. The number of rotatable bonds is 3. The molecule has 5 nitrogen and oxygen atoms in total. The van der Waals surface area contributed by atoms with Crippen LogP contribution >= 0.6 is 12.2 Å². The third-order valence-electron chi connectivity index (χ3n) is 2.38. The number of nitrogens with zero attached hydrogens (tertiary/aromatic N) is 1. The van der Waals surface area contributed by atoms with Gasteiger partial charge in [-0.2, -0.15) is 4.99 Å². The van der Waals surface area contributed by atoms with Crippen LogP contribution < -0.4 is 0 Å². The van der Waals surface area contributed by atoms with E-state index in [1.165, 1.54) is 19.1 Å². The van der Waals surface area contributed by atoms with E-state index >= 15 is 0 Å². The predicted molar refractivity (Wildman–Crippen MR) is 59.2 cm³/mol. The molecule has 0 bridgehead atoms. The summed E-state index contributed by atoms with van der Waals surface area (Å²) in [6, 6.07) is 0. The van der Waals surface area contributed by atoms with Crippen LogP contribution in [0.3, 0.4) is 0 Å². The Bertz CT molecular complexity index is 459. The summed E-state index contributed by atoms with van der Waals surface area (Å²) in [5, 5.41) is 20.0.